The summed E-state index contributed by atoms with van der Waals surface area (Å²) in [7, 11) is 0. The SMILES string of the molecule is Cc1cc(C(N)Cc2ccc(Cl)cc2)c(Cl)cc1F. The van der Waals surface area contributed by atoms with Gasteiger partial charge in [-0.2, -0.15) is 0 Å². The average Bonchev–Trinajstić information content (AvgIpc) is 2.36. The van der Waals surface area contributed by atoms with Gasteiger partial charge in [-0.05, 0) is 48.2 Å². The van der Waals surface area contributed by atoms with Crippen LogP contribution in [-0.4, -0.2) is 0 Å². The van der Waals surface area contributed by atoms with Crippen molar-refractivity contribution in [3.8, 4) is 0 Å². The molecule has 1 atom stereocenters. The summed E-state index contributed by atoms with van der Waals surface area (Å²) in [5, 5.41) is 1.05. The summed E-state index contributed by atoms with van der Waals surface area (Å²) in [5.74, 6) is -0.313. The molecule has 1 unspecified atom stereocenters. The molecule has 0 spiro atoms. The highest BCUT2D eigenvalue weighted by Crippen LogP contribution is 2.27. The van der Waals surface area contributed by atoms with Gasteiger partial charge in [0, 0.05) is 16.1 Å². The fourth-order valence-electron chi connectivity index (χ4n) is 1.95. The molecule has 0 aliphatic carbocycles. The van der Waals surface area contributed by atoms with E-state index >= 15 is 0 Å². The maximum Gasteiger partial charge on any atom is 0.127 e. The minimum Gasteiger partial charge on any atom is -0.324 e. The largest absolute Gasteiger partial charge is 0.324 e. The smallest absolute Gasteiger partial charge is 0.127 e. The van der Waals surface area contributed by atoms with E-state index in [0.717, 1.165) is 11.1 Å². The Kier molecular flexibility index (Phi) is 4.46. The summed E-state index contributed by atoms with van der Waals surface area (Å²) < 4.78 is 13.4. The van der Waals surface area contributed by atoms with E-state index in [1.54, 1.807) is 13.0 Å². The van der Waals surface area contributed by atoms with Gasteiger partial charge in [-0.1, -0.05) is 41.4 Å². The first-order chi connectivity index (χ1) is 8.97. The molecule has 0 fully saturated rings. The standard InChI is InChI=1S/C15H14Cl2FN/c1-9-6-12(13(17)8-14(9)18)15(19)7-10-2-4-11(16)5-3-10/h2-6,8,15H,7,19H2,1H3. The Bertz CT molecular complexity index is 581. The molecule has 0 aromatic heterocycles. The minimum atomic E-state index is -0.313. The highest BCUT2D eigenvalue weighted by Gasteiger charge is 2.13. The maximum atomic E-state index is 13.4. The van der Waals surface area contributed by atoms with Crippen molar-refractivity contribution in [2.24, 2.45) is 5.73 Å². The van der Waals surface area contributed by atoms with Gasteiger partial charge in [0.2, 0.25) is 0 Å². The zero-order valence-electron chi connectivity index (χ0n) is 10.5. The number of rotatable bonds is 3. The van der Waals surface area contributed by atoms with E-state index in [9.17, 15) is 4.39 Å². The van der Waals surface area contributed by atoms with Crippen LogP contribution in [0.5, 0.6) is 0 Å². The zero-order chi connectivity index (χ0) is 14.0. The van der Waals surface area contributed by atoms with Crippen molar-refractivity contribution in [1.82, 2.24) is 0 Å². The van der Waals surface area contributed by atoms with Crippen molar-refractivity contribution in [2.45, 2.75) is 19.4 Å². The van der Waals surface area contributed by atoms with Crippen LogP contribution in [0.15, 0.2) is 36.4 Å². The van der Waals surface area contributed by atoms with Gasteiger partial charge in [0.15, 0.2) is 0 Å². The average molecular weight is 298 g/mol. The lowest BCUT2D eigenvalue weighted by atomic mass is 9.98. The summed E-state index contributed by atoms with van der Waals surface area (Å²) in [4.78, 5) is 0. The zero-order valence-corrected chi connectivity index (χ0v) is 12.0. The van der Waals surface area contributed by atoms with Crippen LogP contribution in [0.2, 0.25) is 10.0 Å². The molecule has 0 saturated heterocycles. The molecule has 0 radical (unpaired) electrons. The van der Waals surface area contributed by atoms with E-state index in [4.69, 9.17) is 28.9 Å². The van der Waals surface area contributed by atoms with Gasteiger partial charge in [0.25, 0.3) is 0 Å². The number of aryl methyl sites for hydroxylation is 1. The van der Waals surface area contributed by atoms with Gasteiger partial charge in [0.1, 0.15) is 5.82 Å². The van der Waals surface area contributed by atoms with E-state index in [1.165, 1.54) is 6.07 Å². The molecule has 0 saturated carbocycles. The predicted octanol–water partition coefficient (Wildman–Crippen LogP) is 4.68. The van der Waals surface area contributed by atoms with Gasteiger partial charge >= 0.3 is 0 Å². The molecule has 2 N–H and O–H groups in total. The number of hydrogen-bond acceptors (Lipinski definition) is 1. The van der Waals surface area contributed by atoms with Crippen molar-refractivity contribution >= 4 is 23.2 Å². The van der Waals surface area contributed by atoms with E-state index in [2.05, 4.69) is 0 Å². The molecule has 0 bridgehead atoms. The Labute approximate surface area is 122 Å². The van der Waals surface area contributed by atoms with Crippen LogP contribution >= 0.6 is 23.2 Å². The Morgan fingerprint density at radius 3 is 2.42 bits per heavy atom. The van der Waals surface area contributed by atoms with Crippen molar-refractivity contribution in [1.29, 1.82) is 0 Å². The van der Waals surface area contributed by atoms with Crippen molar-refractivity contribution < 1.29 is 4.39 Å². The quantitative estimate of drug-likeness (QED) is 0.874. The van der Waals surface area contributed by atoms with Gasteiger partial charge < -0.3 is 5.73 Å². The molecule has 100 valence electrons. The van der Waals surface area contributed by atoms with E-state index < -0.39 is 0 Å². The second-order valence-corrected chi connectivity index (χ2v) is 5.40. The fourth-order valence-corrected chi connectivity index (χ4v) is 2.36. The molecular formula is C15H14Cl2FN. The number of hydrogen-bond donors (Lipinski definition) is 1. The third-order valence-electron chi connectivity index (χ3n) is 3.05. The molecule has 4 heteroatoms. The lowest BCUT2D eigenvalue weighted by Crippen LogP contribution is -2.14. The third kappa shape index (κ3) is 3.47. The van der Waals surface area contributed by atoms with Gasteiger partial charge in [0.05, 0.1) is 0 Å². The monoisotopic (exact) mass is 297 g/mol. The maximum absolute atomic E-state index is 13.4. The Morgan fingerprint density at radius 2 is 1.79 bits per heavy atom. The first-order valence-electron chi connectivity index (χ1n) is 5.93. The number of benzene rings is 2. The van der Waals surface area contributed by atoms with Crippen LogP contribution in [0.1, 0.15) is 22.7 Å². The first kappa shape index (κ1) is 14.3. The van der Waals surface area contributed by atoms with E-state index in [0.29, 0.717) is 22.0 Å². The van der Waals surface area contributed by atoms with Gasteiger partial charge in [-0.3, -0.25) is 0 Å². The van der Waals surface area contributed by atoms with Crippen LogP contribution in [0.25, 0.3) is 0 Å². The highest BCUT2D eigenvalue weighted by atomic mass is 35.5. The van der Waals surface area contributed by atoms with Crippen LogP contribution in [0.4, 0.5) is 4.39 Å². The molecule has 2 rings (SSSR count). The van der Waals surface area contributed by atoms with Gasteiger partial charge in [-0.15, -0.1) is 0 Å². The Hall–Kier alpha value is -1.09. The number of nitrogens with two attached hydrogens (primary N) is 1. The second-order valence-electron chi connectivity index (χ2n) is 4.56. The molecule has 0 amide bonds. The molecule has 19 heavy (non-hydrogen) atoms. The third-order valence-corrected chi connectivity index (χ3v) is 3.63. The number of halogens is 3. The second kappa shape index (κ2) is 5.91. The lowest BCUT2D eigenvalue weighted by molar-refractivity contribution is 0.615. The summed E-state index contributed by atoms with van der Waals surface area (Å²) in [6.07, 6.45) is 0.627. The first-order valence-corrected chi connectivity index (χ1v) is 6.68. The topological polar surface area (TPSA) is 26.0 Å². The van der Waals surface area contributed by atoms with Crippen LogP contribution < -0.4 is 5.73 Å². The molecule has 0 aliphatic heterocycles. The molecule has 1 nitrogen and oxygen atoms in total. The van der Waals surface area contributed by atoms with E-state index in [1.807, 2.05) is 24.3 Å². The van der Waals surface area contributed by atoms with E-state index in [-0.39, 0.29) is 11.9 Å². The molecule has 0 aliphatic rings. The molecular weight excluding hydrogens is 284 g/mol. The fraction of sp³-hybridized carbons (Fsp3) is 0.200. The van der Waals surface area contributed by atoms with Crippen molar-refractivity contribution in [3.05, 3.63) is 69.0 Å². The van der Waals surface area contributed by atoms with Crippen molar-refractivity contribution in [2.75, 3.05) is 0 Å². The summed E-state index contributed by atoms with van der Waals surface area (Å²) >= 11 is 11.9. The summed E-state index contributed by atoms with van der Waals surface area (Å²) in [5.41, 5.74) is 8.52. The molecule has 2 aromatic carbocycles. The Morgan fingerprint density at radius 1 is 1.16 bits per heavy atom. The lowest BCUT2D eigenvalue weighted by Gasteiger charge is -2.15. The normalized spacial score (nSPS) is 12.5. The van der Waals surface area contributed by atoms with Gasteiger partial charge in [-0.25, -0.2) is 4.39 Å². The molecule has 2 aromatic rings. The Balaban J connectivity index is 2.22. The van der Waals surface area contributed by atoms with Crippen molar-refractivity contribution in [3.63, 3.8) is 0 Å². The highest BCUT2D eigenvalue weighted by molar-refractivity contribution is 6.31. The minimum absolute atomic E-state index is 0.270. The van der Waals surface area contributed by atoms with Crippen LogP contribution in [0, 0.1) is 12.7 Å². The molecule has 0 heterocycles. The summed E-state index contributed by atoms with van der Waals surface area (Å²) in [6.45, 7) is 1.70. The van der Waals surface area contributed by atoms with Crippen LogP contribution in [0.3, 0.4) is 0 Å². The van der Waals surface area contributed by atoms with Crippen LogP contribution in [-0.2, 0) is 6.42 Å². The predicted molar refractivity (Wildman–Crippen MR) is 78.2 cm³/mol. The summed E-state index contributed by atoms with van der Waals surface area (Å²) in [6, 6.07) is 10.2.